The van der Waals surface area contributed by atoms with Crippen LogP contribution in [0.4, 0.5) is 0 Å². The fourth-order valence-electron chi connectivity index (χ4n) is 5.06. The molecule has 0 bridgehead atoms. The lowest BCUT2D eigenvalue weighted by Crippen LogP contribution is -2.51. The van der Waals surface area contributed by atoms with E-state index < -0.39 is 17.9 Å². The zero-order valence-corrected chi connectivity index (χ0v) is 21.9. The molecule has 2 aromatic rings. The Kier molecular flexibility index (Phi) is 8.36. The minimum Gasteiger partial charge on any atom is -0.367 e. The van der Waals surface area contributed by atoms with Crippen molar-refractivity contribution < 1.29 is 14.3 Å². The van der Waals surface area contributed by atoms with Crippen LogP contribution in [-0.4, -0.2) is 60.5 Å². The highest BCUT2D eigenvalue weighted by atomic mass is 35.5. The first kappa shape index (κ1) is 26.6. The summed E-state index contributed by atoms with van der Waals surface area (Å²) in [6.07, 6.45) is 3.80. The predicted molar refractivity (Wildman–Crippen MR) is 145 cm³/mol. The van der Waals surface area contributed by atoms with E-state index in [1.165, 1.54) is 11.1 Å². The standard InChI is InChI=1S/C28H28ClN7O3/c29-21-11-12-22(23(17-21)28-31-33-34-32-28)26(27(30)38)39-18-24(37)35-13-15-36(16-14-35)25(19-7-3-1-4-8-19)20-9-5-2-6-10-20/h1-12,17,22,25-26H,13-16,18H2,(H2,30,38). The van der Waals surface area contributed by atoms with Crippen molar-refractivity contribution in [1.82, 2.24) is 9.80 Å². The molecule has 200 valence electrons. The van der Waals surface area contributed by atoms with Crippen LogP contribution in [-0.2, 0) is 14.3 Å². The number of hydrogen-bond acceptors (Lipinski definition) is 8. The highest BCUT2D eigenvalue weighted by Crippen LogP contribution is 2.33. The number of halogens is 1. The second kappa shape index (κ2) is 12.2. The van der Waals surface area contributed by atoms with Gasteiger partial charge in [-0.15, -0.1) is 10.2 Å². The van der Waals surface area contributed by atoms with E-state index in [1.807, 2.05) is 36.4 Å². The van der Waals surface area contributed by atoms with E-state index >= 15 is 0 Å². The normalized spacial score (nSPS) is 20.0. The van der Waals surface area contributed by atoms with Crippen LogP contribution in [0.15, 0.2) is 116 Å². The second-order valence-corrected chi connectivity index (χ2v) is 9.78. The number of carbonyl (C=O) groups excluding carboxylic acids is 2. The van der Waals surface area contributed by atoms with Gasteiger partial charge in [-0.3, -0.25) is 14.5 Å². The number of carbonyl (C=O) groups is 2. The molecule has 5 rings (SSSR count). The van der Waals surface area contributed by atoms with Gasteiger partial charge in [0.15, 0.2) is 0 Å². The molecule has 0 aromatic heterocycles. The Hall–Kier alpha value is -3.99. The van der Waals surface area contributed by atoms with Gasteiger partial charge in [0.1, 0.15) is 12.7 Å². The minimum absolute atomic E-state index is 0.0921. The molecule has 2 atom stereocenters. The highest BCUT2D eigenvalue weighted by Gasteiger charge is 2.34. The molecule has 11 heteroatoms. The SMILES string of the molecule is NC(=O)C(OCC(=O)N1CCN(C(c2ccccc2)c2ccccc2)CC1)C1C=CC(Cl)=CC1=C1N=NN=N1. The molecule has 0 saturated carbocycles. The number of rotatable bonds is 8. The third kappa shape index (κ3) is 6.19. The summed E-state index contributed by atoms with van der Waals surface area (Å²) in [6.45, 7) is 2.18. The monoisotopic (exact) mass is 545 g/mol. The number of nitrogens with zero attached hydrogens (tertiary/aromatic N) is 6. The number of ether oxygens (including phenoxy) is 1. The van der Waals surface area contributed by atoms with Gasteiger partial charge in [0.2, 0.25) is 17.6 Å². The van der Waals surface area contributed by atoms with E-state index in [1.54, 1.807) is 23.1 Å². The Morgan fingerprint density at radius 1 is 0.949 bits per heavy atom. The summed E-state index contributed by atoms with van der Waals surface area (Å²) in [7, 11) is 0. The highest BCUT2D eigenvalue weighted by molar-refractivity contribution is 6.31. The first-order valence-electron chi connectivity index (χ1n) is 12.6. The summed E-state index contributed by atoms with van der Waals surface area (Å²) in [6, 6.07) is 20.8. The van der Waals surface area contributed by atoms with E-state index in [2.05, 4.69) is 49.8 Å². The number of nitrogens with two attached hydrogens (primary N) is 1. The zero-order valence-electron chi connectivity index (χ0n) is 21.1. The number of amides is 2. The quantitative estimate of drug-likeness (QED) is 0.535. The van der Waals surface area contributed by atoms with Gasteiger partial charge in [0, 0.05) is 42.7 Å². The molecule has 2 aromatic carbocycles. The fourth-order valence-corrected chi connectivity index (χ4v) is 5.25. The molecule has 3 aliphatic rings. The van der Waals surface area contributed by atoms with E-state index in [4.69, 9.17) is 22.1 Å². The van der Waals surface area contributed by atoms with Crippen molar-refractivity contribution in [3.63, 3.8) is 0 Å². The van der Waals surface area contributed by atoms with Crippen LogP contribution in [0.3, 0.4) is 0 Å². The lowest BCUT2D eigenvalue weighted by molar-refractivity contribution is -0.144. The molecule has 2 amide bonds. The summed E-state index contributed by atoms with van der Waals surface area (Å²) < 4.78 is 5.81. The van der Waals surface area contributed by atoms with Crippen molar-refractivity contribution in [1.29, 1.82) is 0 Å². The van der Waals surface area contributed by atoms with Crippen LogP contribution in [0.2, 0.25) is 0 Å². The zero-order chi connectivity index (χ0) is 27.2. The molecule has 2 N–H and O–H groups in total. The Morgan fingerprint density at radius 2 is 1.54 bits per heavy atom. The van der Waals surface area contributed by atoms with Gasteiger partial charge in [-0.1, -0.05) is 78.3 Å². The maximum absolute atomic E-state index is 13.1. The molecule has 39 heavy (non-hydrogen) atoms. The van der Waals surface area contributed by atoms with Gasteiger partial charge in [-0.2, -0.15) is 0 Å². The third-order valence-electron chi connectivity index (χ3n) is 6.95. The Morgan fingerprint density at radius 3 is 2.10 bits per heavy atom. The van der Waals surface area contributed by atoms with Crippen LogP contribution < -0.4 is 5.73 Å². The number of hydrogen-bond donors (Lipinski definition) is 1. The van der Waals surface area contributed by atoms with Gasteiger partial charge >= 0.3 is 0 Å². The first-order chi connectivity index (χ1) is 19.0. The van der Waals surface area contributed by atoms with E-state index in [9.17, 15) is 9.59 Å². The number of piperazine rings is 1. The Bertz CT molecular complexity index is 1300. The predicted octanol–water partition coefficient (Wildman–Crippen LogP) is 4.14. The van der Waals surface area contributed by atoms with E-state index in [-0.39, 0.29) is 24.4 Å². The number of benzene rings is 2. The number of primary amides is 1. The molecule has 1 fully saturated rings. The van der Waals surface area contributed by atoms with Gasteiger partial charge in [0.25, 0.3) is 0 Å². The van der Waals surface area contributed by atoms with Gasteiger partial charge in [-0.25, -0.2) is 0 Å². The van der Waals surface area contributed by atoms with Crippen molar-refractivity contribution in [2.24, 2.45) is 32.3 Å². The largest absolute Gasteiger partial charge is 0.367 e. The average molecular weight is 546 g/mol. The molecule has 0 radical (unpaired) electrons. The van der Waals surface area contributed by atoms with Crippen LogP contribution >= 0.6 is 11.6 Å². The lowest BCUT2D eigenvalue weighted by atomic mass is 9.88. The Labute approximate surface area is 231 Å². The minimum atomic E-state index is -1.12. The van der Waals surface area contributed by atoms with E-state index in [0.29, 0.717) is 36.8 Å². The van der Waals surface area contributed by atoms with Crippen molar-refractivity contribution in [3.8, 4) is 0 Å². The van der Waals surface area contributed by atoms with Gasteiger partial charge in [-0.05, 0) is 33.7 Å². The van der Waals surface area contributed by atoms with Gasteiger partial charge < -0.3 is 15.4 Å². The molecule has 10 nitrogen and oxygen atoms in total. The second-order valence-electron chi connectivity index (χ2n) is 9.35. The molecular weight excluding hydrogens is 518 g/mol. The summed E-state index contributed by atoms with van der Waals surface area (Å²) in [5.41, 5.74) is 8.58. The Balaban J connectivity index is 1.23. The first-order valence-corrected chi connectivity index (χ1v) is 13.0. The molecule has 2 aliphatic heterocycles. The fraction of sp³-hybridized carbons (Fsp3) is 0.286. The van der Waals surface area contributed by atoms with Crippen molar-refractivity contribution >= 4 is 23.4 Å². The topological polar surface area (TPSA) is 125 Å². The van der Waals surface area contributed by atoms with Gasteiger partial charge in [0.05, 0.1) is 6.04 Å². The summed E-state index contributed by atoms with van der Waals surface area (Å²) in [5.74, 6) is -1.35. The number of allylic oxidation sites excluding steroid dienone is 3. The molecule has 2 unspecified atom stereocenters. The van der Waals surface area contributed by atoms with Crippen molar-refractivity contribution in [2.75, 3.05) is 32.8 Å². The van der Waals surface area contributed by atoms with Crippen LogP contribution in [0.5, 0.6) is 0 Å². The molecule has 1 saturated heterocycles. The van der Waals surface area contributed by atoms with Crippen molar-refractivity contribution in [3.05, 3.63) is 106 Å². The van der Waals surface area contributed by atoms with Crippen LogP contribution in [0.25, 0.3) is 0 Å². The molecule has 1 aliphatic carbocycles. The van der Waals surface area contributed by atoms with Crippen molar-refractivity contribution in [2.45, 2.75) is 12.1 Å². The summed E-state index contributed by atoms with van der Waals surface area (Å²) >= 11 is 6.15. The summed E-state index contributed by atoms with van der Waals surface area (Å²) in [5, 5.41) is 15.2. The lowest BCUT2D eigenvalue weighted by Gasteiger charge is -2.40. The average Bonchev–Trinajstić information content (AvgIpc) is 3.50. The molecule has 0 spiro atoms. The van der Waals surface area contributed by atoms with Crippen LogP contribution in [0, 0.1) is 5.92 Å². The third-order valence-corrected chi connectivity index (χ3v) is 7.18. The molecule has 2 heterocycles. The maximum atomic E-state index is 13.1. The van der Waals surface area contributed by atoms with E-state index in [0.717, 1.165) is 0 Å². The maximum Gasteiger partial charge on any atom is 0.248 e. The van der Waals surface area contributed by atoms with Crippen LogP contribution in [0.1, 0.15) is 17.2 Å². The summed E-state index contributed by atoms with van der Waals surface area (Å²) in [4.78, 5) is 29.6. The molecular formula is C28H28ClN7O3. The smallest absolute Gasteiger partial charge is 0.248 e.